The second-order valence-electron chi connectivity index (χ2n) is 8.40. The summed E-state index contributed by atoms with van der Waals surface area (Å²) < 4.78 is 12.0. The molecule has 0 aliphatic carbocycles. The highest BCUT2D eigenvalue weighted by atomic mass is 31.2. The van der Waals surface area contributed by atoms with Gasteiger partial charge < -0.3 is 0 Å². The van der Waals surface area contributed by atoms with Crippen LogP contribution >= 0.6 is 7.51 Å². The number of imide groups is 1. The van der Waals surface area contributed by atoms with Gasteiger partial charge in [-0.05, 0) is 30.3 Å². The summed E-state index contributed by atoms with van der Waals surface area (Å²) in [5.41, 5.74) is 1.48. The van der Waals surface area contributed by atoms with Gasteiger partial charge in [0.1, 0.15) is 0 Å². The van der Waals surface area contributed by atoms with Crippen LogP contribution in [0.4, 0.5) is 5.69 Å². The number of carbonyl (C=O) groups excluding carboxylic acids is 3. The van der Waals surface area contributed by atoms with Crippen LogP contribution in [-0.4, -0.2) is 71.0 Å². The Morgan fingerprint density at radius 3 is 1.58 bits per heavy atom. The van der Waals surface area contributed by atoms with E-state index in [4.69, 9.17) is 4.74 Å². The average molecular weight is 512 g/mol. The Hall–Kier alpha value is -2.64. The van der Waals surface area contributed by atoms with Crippen LogP contribution in [0.2, 0.25) is 0 Å². The minimum atomic E-state index is -2.53. The highest BCUT2D eigenvalue weighted by molar-refractivity contribution is 7.59. The van der Waals surface area contributed by atoms with Crippen molar-refractivity contribution >= 4 is 30.9 Å². The molecule has 2 aromatic carbocycles. The minimum Gasteiger partial charge on any atom is -0.268 e. The Morgan fingerprint density at radius 2 is 1.17 bits per heavy atom. The van der Waals surface area contributed by atoms with Crippen LogP contribution in [0, 0.1) is 0 Å². The zero-order chi connectivity index (χ0) is 26.5. The molecule has 9 heteroatoms. The van der Waals surface area contributed by atoms with Gasteiger partial charge in [-0.15, -0.1) is 0 Å². The molecule has 1 aliphatic rings. The number of benzene rings is 2. The van der Waals surface area contributed by atoms with Crippen molar-refractivity contribution in [1.82, 2.24) is 14.0 Å². The Kier molecular flexibility index (Phi) is 9.36. The highest BCUT2D eigenvalue weighted by Gasteiger charge is 2.39. The first-order chi connectivity index (χ1) is 17.3. The topological polar surface area (TPSA) is 76.5 Å². The number of hydrogen-bond donors (Lipinski definition) is 0. The van der Waals surface area contributed by atoms with E-state index in [1.54, 1.807) is 48.5 Å². The van der Waals surface area contributed by atoms with E-state index in [0.29, 0.717) is 22.4 Å². The monoisotopic (exact) mass is 511 g/mol. The van der Waals surface area contributed by atoms with Gasteiger partial charge in [0.25, 0.3) is 17.7 Å². The number of fused-ring (bicyclic) bond motifs is 1. The van der Waals surface area contributed by atoms with Gasteiger partial charge in [-0.2, -0.15) is 4.74 Å². The van der Waals surface area contributed by atoms with Crippen LogP contribution in [0.15, 0.2) is 53.3 Å². The SMILES string of the molecule is CCN(CC)P(=NC(=O)c1cccc(N2C(=O)c3ccccc3C2=O)c1)(N(CC)CC)N(CC)CC. The van der Waals surface area contributed by atoms with E-state index >= 15 is 0 Å². The molecule has 0 fully saturated rings. The van der Waals surface area contributed by atoms with Crippen LogP contribution in [-0.2, 0) is 0 Å². The smallest absolute Gasteiger partial charge is 0.268 e. The first-order valence-corrected chi connectivity index (χ1v) is 14.4. The predicted octanol–water partition coefficient (Wildman–Crippen LogP) is 5.60. The van der Waals surface area contributed by atoms with Crippen molar-refractivity contribution in [2.24, 2.45) is 4.74 Å². The molecule has 0 radical (unpaired) electrons. The predicted molar refractivity (Wildman–Crippen MR) is 146 cm³/mol. The molecule has 0 spiro atoms. The van der Waals surface area contributed by atoms with Crippen LogP contribution in [0.1, 0.15) is 72.6 Å². The molecule has 2 aromatic rings. The van der Waals surface area contributed by atoms with E-state index in [1.807, 2.05) is 0 Å². The third kappa shape index (κ3) is 4.83. The molecular weight excluding hydrogens is 473 g/mol. The zero-order valence-corrected chi connectivity index (χ0v) is 23.2. The summed E-state index contributed by atoms with van der Waals surface area (Å²) in [5.74, 6) is -1.10. The number of carbonyl (C=O) groups is 3. The van der Waals surface area contributed by atoms with Gasteiger partial charge >= 0.3 is 0 Å². The van der Waals surface area contributed by atoms with Crippen molar-refractivity contribution in [1.29, 1.82) is 0 Å². The zero-order valence-electron chi connectivity index (χ0n) is 22.3. The Labute approximate surface area is 215 Å². The lowest BCUT2D eigenvalue weighted by molar-refractivity contribution is 0.0923. The van der Waals surface area contributed by atoms with Crippen molar-refractivity contribution in [3.8, 4) is 0 Å². The molecule has 0 aromatic heterocycles. The molecule has 0 saturated carbocycles. The summed E-state index contributed by atoms with van der Waals surface area (Å²) in [7, 11) is -2.53. The van der Waals surface area contributed by atoms with E-state index in [2.05, 4.69) is 55.6 Å². The average Bonchev–Trinajstić information content (AvgIpc) is 3.16. The summed E-state index contributed by atoms with van der Waals surface area (Å²) in [6, 6.07) is 13.5. The van der Waals surface area contributed by atoms with Gasteiger partial charge in [-0.1, -0.05) is 59.7 Å². The second-order valence-corrected chi connectivity index (χ2v) is 11.4. The van der Waals surface area contributed by atoms with Gasteiger partial charge in [0.05, 0.1) is 16.8 Å². The molecule has 1 aliphatic heterocycles. The van der Waals surface area contributed by atoms with Crippen LogP contribution < -0.4 is 4.90 Å². The second kappa shape index (κ2) is 12.1. The van der Waals surface area contributed by atoms with E-state index < -0.39 is 7.51 Å². The number of nitrogens with zero attached hydrogens (tertiary/aromatic N) is 5. The van der Waals surface area contributed by atoms with Gasteiger partial charge in [-0.25, -0.2) is 18.9 Å². The van der Waals surface area contributed by atoms with Crippen molar-refractivity contribution in [3.05, 3.63) is 65.2 Å². The highest BCUT2D eigenvalue weighted by Crippen LogP contribution is 2.59. The first kappa shape index (κ1) is 27.9. The maximum absolute atomic E-state index is 13.8. The third-order valence-corrected chi connectivity index (χ3v) is 11.1. The molecule has 8 nitrogen and oxygen atoms in total. The van der Waals surface area contributed by atoms with Crippen molar-refractivity contribution in [2.45, 2.75) is 41.5 Å². The molecular formula is C27H38N5O3P. The molecule has 36 heavy (non-hydrogen) atoms. The Morgan fingerprint density at radius 1 is 0.722 bits per heavy atom. The molecule has 0 atom stereocenters. The number of amides is 3. The number of hydrogen-bond acceptors (Lipinski definition) is 3. The van der Waals surface area contributed by atoms with Gasteiger partial charge in [-0.3, -0.25) is 14.4 Å². The van der Waals surface area contributed by atoms with Gasteiger partial charge in [0.2, 0.25) is 0 Å². The van der Waals surface area contributed by atoms with E-state index in [-0.39, 0.29) is 17.7 Å². The van der Waals surface area contributed by atoms with Crippen LogP contribution in [0.5, 0.6) is 0 Å². The third-order valence-electron chi connectivity index (χ3n) is 6.70. The Bertz CT molecular complexity index is 1100. The quantitative estimate of drug-likeness (QED) is 0.289. The van der Waals surface area contributed by atoms with E-state index in [0.717, 1.165) is 44.2 Å². The maximum atomic E-state index is 13.8. The molecule has 3 rings (SSSR count). The lowest BCUT2D eigenvalue weighted by Crippen LogP contribution is -2.41. The fraction of sp³-hybridized carbons (Fsp3) is 0.444. The fourth-order valence-electron chi connectivity index (χ4n) is 4.92. The van der Waals surface area contributed by atoms with Crippen molar-refractivity contribution in [3.63, 3.8) is 0 Å². The molecule has 194 valence electrons. The lowest BCUT2D eigenvalue weighted by atomic mass is 10.1. The fourth-order valence-corrected chi connectivity index (χ4v) is 9.01. The van der Waals surface area contributed by atoms with Crippen molar-refractivity contribution in [2.75, 3.05) is 44.2 Å². The van der Waals surface area contributed by atoms with E-state index in [9.17, 15) is 14.4 Å². The van der Waals surface area contributed by atoms with Gasteiger partial charge in [0, 0.05) is 44.8 Å². The first-order valence-electron chi connectivity index (χ1n) is 12.8. The summed E-state index contributed by atoms with van der Waals surface area (Å²) in [4.78, 5) is 41.0. The minimum absolute atomic E-state index is 0.340. The number of anilines is 1. The summed E-state index contributed by atoms with van der Waals surface area (Å²) in [6.07, 6.45) is 0. The molecule has 1 heterocycles. The molecule has 3 amide bonds. The molecule has 0 bridgehead atoms. The van der Waals surface area contributed by atoms with Gasteiger partial charge in [0.15, 0.2) is 7.51 Å². The Balaban J connectivity index is 2.13. The molecule has 0 saturated heterocycles. The van der Waals surface area contributed by atoms with Crippen LogP contribution in [0.3, 0.4) is 0 Å². The molecule has 0 N–H and O–H groups in total. The lowest BCUT2D eigenvalue weighted by Gasteiger charge is -2.48. The summed E-state index contributed by atoms with van der Waals surface area (Å²) >= 11 is 0. The largest absolute Gasteiger partial charge is 0.279 e. The standard InChI is InChI=1S/C27H38N5O3P/c1-7-29(8-2)36(30(9-3)10-4,31(11-5)12-6)28-25(33)21-16-15-17-22(20-21)32-26(34)23-18-13-14-19-24(23)27(32)35/h13-20H,7-12H2,1-6H3. The number of rotatable bonds is 11. The van der Waals surface area contributed by atoms with E-state index in [1.165, 1.54) is 0 Å². The summed E-state index contributed by atoms with van der Waals surface area (Å²) in [6.45, 7) is 17.2. The maximum Gasteiger partial charge on any atom is 0.279 e. The normalized spacial score (nSPS) is 13.8. The van der Waals surface area contributed by atoms with Crippen LogP contribution in [0.25, 0.3) is 0 Å². The summed E-state index contributed by atoms with van der Waals surface area (Å²) in [5, 5.41) is 0. The van der Waals surface area contributed by atoms with Crippen molar-refractivity contribution < 1.29 is 14.4 Å². The molecule has 0 unspecified atom stereocenters.